The third-order valence-corrected chi connectivity index (χ3v) is 5.46. The van der Waals surface area contributed by atoms with E-state index in [1.807, 2.05) is 54.6 Å². The van der Waals surface area contributed by atoms with E-state index in [-0.39, 0.29) is 0 Å². The molecule has 0 unspecified atom stereocenters. The van der Waals surface area contributed by atoms with Gasteiger partial charge in [0.25, 0.3) is 0 Å². The second-order valence-corrected chi connectivity index (χ2v) is 7.54. The quantitative estimate of drug-likeness (QED) is 0.336. The largest absolute Gasteiger partial charge is 0.192 e. The molecule has 34 heavy (non-hydrogen) atoms. The lowest BCUT2D eigenvalue weighted by Crippen LogP contribution is -1.91. The first-order valence-corrected chi connectivity index (χ1v) is 10.4. The molecule has 0 spiro atoms. The summed E-state index contributed by atoms with van der Waals surface area (Å²) in [6.45, 7) is 0. The first-order chi connectivity index (χ1) is 16.6. The van der Waals surface area contributed by atoms with Crippen LogP contribution in [0.2, 0.25) is 0 Å². The van der Waals surface area contributed by atoms with Crippen LogP contribution in [0, 0.1) is 45.3 Å². The lowest BCUT2D eigenvalue weighted by Gasteiger charge is -2.12. The summed E-state index contributed by atoms with van der Waals surface area (Å²) in [5, 5.41) is 37.3. The second kappa shape index (κ2) is 9.80. The Kier molecular flexibility index (Phi) is 6.29. The van der Waals surface area contributed by atoms with E-state index in [1.54, 1.807) is 42.5 Å². The number of rotatable bonds is 4. The van der Waals surface area contributed by atoms with Gasteiger partial charge in [0.05, 0.1) is 46.5 Å². The van der Waals surface area contributed by atoms with Crippen molar-refractivity contribution in [2.45, 2.75) is 0 Å². The van der Waals surface area contributed by atoms with E-state index in [0.29, 0.717) is 22.3 Å². The fourth-order valence-corrected chi connectivity index (χ4v) is 3.64. The first-order valence-electron chi connectivity index (χ1n) is 10.4. The van der Waals surface area contributed by atoms with E-state index in [9.17, 15) is 10.5 Å². The number of nitriles is 4. The van der Waals surface area contributed by atoms with Crippen molar-refractivity contribution in [3.8, 4) is 46.5 Å². The van der Waals surface area contributed by atoms with Gasteiger partial charge in [0.15, 0.2) is 0 Å². The highest BCUT2D eigenvalue weighted by Gasteiger charge is 2.12. The summed E-state index contributed by atoms with van der Waals surface area (Å²) in [6, 6.07) is 34.2. The van der Waals surface area contributed by atoms with Gasteiger partial charge in [-0.1, -0.05) is 48.6 Å². The molecule has 4 aromatic carbocycles. The summed E-state index contributed by atoms with van der Waals surface area (Å²) >= 11 is 0. The zero-order valence-corrected chi connectivity index (χ0v) is 18.0. The van der Waals surface area contributed by atoms with Crippen LogP contribution >= 0.6 is 0 Å². The van der Waals surface area contributed by atoms with E-state index in [4.69, 9.17) is 10.5 Å². The Balaban J connectivity index is 1.83. The van der Waals surface area contributed by atoms with Crippen LogP contribution < -0.4 is 0 Å². The van der Waals surface area contributed by atoms with Gasteiger partial charge in [-0.25, -0.2) is 0 Å². The Labute approximate surface area is 198 Å². The minimum atomic E-state index is 0.498. The zero-order valence-electron chi connectivity index (χ0n) is 18.0. The van der Waals surface area contributed by atoms with Gasteiger partial charge >= 0.3 is 0 Å². The van der Waals surface area contributed by atoms with E-state index in [0.717, 1.165) is 33.4 Å². The van der Waals surface area contributed by atoms with E-state index < -0.39 is 0 Å². The van der Waals surface area contributed by atoms with Crippen molar-refractivity contribution >= 4 is 12.2 Å². The van der Waals surface area contributed by atoms with Crippen molar-refractivity contribution in [1.82, 2.24) is 0 Å². The molecule has 0 aliphatic heterocycles. The summed E-state index contributed by atoms with van der Waals surface area (Å²) in [6.07, 6.45) is 3.87. The first kappa shape index (κ1) is 21.8. The summed E-state index contributed by atoms with van der Waals surface area (Å²) in [7, 11) is 0. The van der Waals surface area contributed by atoms with Gasteiger partial charge in [-0.05, 0) is 76.3 Å². The fraction of sp³-hybridized carbons (Fsp3) is 0. The molecule has 0 heterocycles. The molecule has 4 nitrogen and oxygen atoms in total. The van der Waals surface area contributed by atoms with Gasteiger partial charge in [-0.3, -0.25) is 0 Å². The molecule has 156 valence electrons. The minimum Gasteiger partial charge on any atom is -0.192 e. The van der Waals surface area contributed by atoms with Crippen LogP contribution in [0.5, 0.6) is 0 Å². The third-order valence-electron chi connectivity index (χ3n) is 5.46. The molecular formula is C30H16N4. The molecular weight excluding hydrogens is 416 g/mol. The summed E-state index contributed by atoms with van der Waals surface area (Å²) in [5.74, 6) is 0. The van der Waals surface area contributed by atoms with Crippen LogP contribution in [0.15, 0.2) is 84.9 Å². The molecule has 0 amide bonds. The normalized spacial score (nSPS) is 10.1. The number of hydrogen-bond acceptors (Lipinski definition) is 4. The summed E-state index contributed by atoms with van der Waals surface area (Å²) in [5.41, 5.74) is 7.29. The van der Waals surface area contributed by atoms with Crippen molar-refractivity contribution < 1.29 is 0 Å². The van der Waals surface area contributed by atoms with E-state index in [2.05, 4.69) is 24.3 Å². The smallest absolute Gasteiger partial charge is 0.0998 e. The van der Waals surface area contributed by atoms with Crippen molar-refractivity contribution in [2.24, 2.45) is 0 Å². The second-order valence-electron chi connectivity index (χ2n) is 7.54. The van der Waals surface area contributed by atoms with Gasteiger partial charge < -0.3 is 0 Å². The van der Waals surface area contributed by atoms with Crippen molar-refractivity contribution in [3.63, 3.8) is 0 Å². The molecule has 0 saturated carbocycles. The number of benzene rings is 4. The molecule has 0 radical (unpaired) electrons. The van der Waals surface area contributed by atoms with Gasteiger partial charge in [0, 0.05) is 5.56 Å². The molecule has 0 bridgehead atoms. The Morgan fingerprint density at radius 1 is 0.471 bits per heavy atom. The molecule has 0 aliphatic rings. The maximum Gasteiger partial charge on any atom is 0.0998 e. The van der Waals surface area contributed by atoms with Gasteiger partial charge in [0.2, 0.25) is 0 Å². The SMILES string of the molecule is N#Cc1ccc(/C=C/c2ccc(C#N)cc2-c2cc(-c3ccc(C#N)cc3)ccc2C#N)cc1. The lowest BCUT2D eigenvalue weighted by atomic mass is 9.90. The molecule has 4 heteroatoms. The predicted molar refractivity (Wildman–Crippen MR) is 132 cm³/mol. The monoisotopic (exact) mass is 432 g/mol. The van der Waals surface area contributed by atoms with E-state index in [1.165, 1.54) is 0 Å². The zero-order chi connectivity index (χ0) is 23.9. The molecule has 0 aromatic heterocycles. The van der Waals surface area contributed by atoms with Crippen molar-refractivity contribution in [2.75, 3.05) is 0 Å². The predicted octanol–water partition coefficient (Wildman–Crippen LogP) is 6.68. The van der Waals surface area contributed by atoms with Crippen LogP contribution in [0.4, 0.5) is 0 Å². The molecule has 4 aromatic rings. The molecule has 0 N–H and O–H groups in total. The van der Waals surface area contributed by atoms with Crippen LogP contribution in [0.1, 0.15) is 33.4 Å². The molecule has 0 aliphatic carbocycles. The highest BCUT2D eigenvalue weighted by molar-refractivity contribution is 5.86. The van der Waals surface area contributed by atoms with Gasteiger partial charge in [-0.2, -0.15) is 21.0 Å². The van der Waals surface area contributed by atoms with Gasteiger partial charge in [-0.15, -0.1) is 0 Å². The number of nitrogens with zero attached hydrogens (tertiary/aromatic N) is 4. The summed E-state index contributed by atoms with van der Waals surface area (Å²) < 4.78 is 0. The molecule has 0 fully saturated rings. The van der Waals surface area contributed by atoms with Crippen molar-refractivity contribution in [1.29, 1.82) is 21.0 Å². The molecule has 0 atom stereocenters. The minimum absolute atomic E-state index is 0.498. The van der Waals surface area contributed by atoms with E-state index >= 15 is 0 Å². The average molecular weight is 432 g/mol. The molecule has 0 saturated heterocycles. The van der Waals surface area contributed by atoms with Gasteiger partial charge in [0.1, 0.15) is 0 Å². The Bertz CT molecular complexity index is 1560. The third kappa shape index (κ3) is 4.59. The maximum absolute atomic E-state index is 9.79. The highest BCUT2D eigenvalue weighted by Crippen LogP contribution is 2.33. The van der Waals surface area contributed by atoms with Crippen LogP contribution in [0.3, 0.4) is 0 Å². The maximum atomic E-state index is 9.79. The highest BCUT2D eigenvalue weighted by atomic mass is 14.3. The summed E-state index contributed by atoms with van der Waals surface area (Å²) in [4.78, 5) is 0. The Hall–Kier alpha value is -5.42. The Morgan fingerprint density at radius 3 is 1.68 bits per heavy atom. The van der Waals surface area contributed by atoms with Crippen LogP contribution in [-0.4, -0.2) is 0 Å². The van der Waals surface area contributed by atoms with Crippen LogP contribution in [-0.2, 0) is 0 Å². The lowest BCUT2D eigenvalue weighted by molar-refractivity contribution is 1.45. The van der Waals surface area contributed by atoms with Crippen LogP contribution in [0.25, 0.3) is 34.4 Å². The average Bonchev–Trinajstić information content (AvgIpc) is 2.91. The fourth-order valence-electron chi connectivity index (χ4n) is 3.64. The number of hydrogen-bond donors (Lipinski definition) is 0. The van der Waals surface area contributed by atoms with Crippen molar-refractivity contribution in [3.05, 3.63) is 118 Å². The Morgan fingerprint density at radius 2 is 1.06 bits per heavy atom. The molecule has 4 rings (SSSR count). The topological polar surface area (TPSA) is 95.2 Å². The standard InChI is InChI=1S/C30H16N4/c31-17-22-3-1-21(2-4-22)5-11-26-12-8-24(19-33)15-29(26)30-16-27(13-14-28(30)20-34)25-9-6-23(18-32)7-10-25/h1-16H/b11-5+.